The largest absolute Gasteiger partial charge is 0.454 e. The van der Waals surface area contributed by atoms with Crippen LogP contribution in [0.1, 0.15) is 53.4 Å². The van der Waals surface area contributed by atoms with Gasteiger partial charge in [0.2, 0.25) is 5.69 Å². The highest BCUT2D eigenvalue weighted by atomic mass is 16.3. The van der Waals surface area contributed by atoms with E-state index in [1.165, 1.54) is 0 Å². The van der Waals surface area contributed by atoms with Crippen LogP contribution in [0.2, 0.25) is 0 Å². The quantitative estimate of drug-likeness (QED) is 0.243. The van der Waals surface area contributed by atoms with E-state index in [9.17, 15) is 8.00 Å². The summed E-state index contributed by atoms with van der Waals surface area (Å²) in [6.45, 7) is 2.06. The van der Waals surface area contributed by atoms with Crippen molar-refractivity contribution >= 4 is 21.9 Å². The van der Waals surface area contributed by atoms with Crippen molar-refractivity contribution in [1.82, 2.24) is 0 Å². The molecule has 2 aliphatic rings. The first-order valence-corrected chi connectivity index (χ1v) is 13.1. The fourth-order valence-electron chi connectivity index (χ4n) is 6.39. The summed E-state index contributed by atoms with van der Waals surface area (Å²) in [5.41, 5.74) is 6.48. The van der Waals surface area contributed by atoms with Crippen molar-refractivity contribution in [3.63, 3.8) is 0 Å². The maximum Gasteiger partial charge on any atom is 0.216 e. The second-order valence-corrected chi connectivity index (χ2v) is 10.4. The molecule has 182 valence electrons. The van der Waals surface area contributed by atoms with Crippen molar-refractivity contribution in [2.45, 2.75) is 45.4 Å². The maximum absolute atomic E-state index is 10.3. The molecule has 1 unspecified atom stereocenters. The number of nitrogens with zero attached hydrogens (tertiary/aromatic N) is 2. The highest BCUT2D eigenvalue weighted by Crippen LogP contribution is 2.46. The molecule has 2 heterocycles. The molecule has 5 aromatic rings. The van der Waals surface area contributed by atoms with Crippen LogP contribution in [-0.2, 0) is 19.8 Å². The second-order valence-electron chi connectivity index (χ2n) is 10.4. The molecule has 0 spiro atoms. The molecule has 1 fully saturated rings. The first kappa shape index (κ1) is 18.4. The van der Waals surface area contributed by atoms with E-state index in [2.05, 4.69) is 29.7 Å². The van der Waals surface area contributed by atoms with Crippen molar-refractivity contribution in [3.05, 3.63) is 89.1 Å². The zero-order valence-electron chi connectivity index (χ0n) is 25.1. The van der Waals surface area contributed by atoms with Gasteiger partial charge in [0.25, 0.3) is 0 Å². The van der Waals surface area contributed by atoms with Gasteiger partial charge in [-0.1, -0.05) is 56.0 Å². The Kier molecular flexibility index (Phi) is 4.27. The monoisotopic (exact) mass is 487 g/mol. The lowest BCUT2D eigenvalue weighted by molar-refractivity contribution is -0.660. The molecular weight excluding hydrogens is 452 g/mol. The Morgan fingerprint density at radius 3 is 2.46 bits per heavy atom. The van der Waals surface area contributed by atoms with Crippen molar-refractivity contribution in [1.29, 1.82) is 5.26 Å². The van der Waals surface area contributed by atoms with Crippen LogP contribution in [0.5, 0.6) is 0 Å². The van der Waals surface area contributed by atoms with E-state index in [0.717, 1.165) is 53.3 Å². The van der Waals surface area contributed by atoms with Crippen molar-refractivity contribution in [2.75, 3.05) is 0 Å². The zero-order chi connectivity index (χ0) is 28.7. The van der Waals surface area contributed by atoms with Crippen LogP contribution < -0.4 is 4.57 Å². The molecule has 3 heteroatoms. The Labute approximate surface area is 223 Å². The van der Waals surface area contributed by atoms with Gasteiger partial charge in [-0.15, -0.1) is 0 Å². The lowest BCUT2D eigenvalue weighted by Crippen LogP contribution is -2.30. The summed E-state index contributed by atoms with van der Waals surface area (Å²) in [6.07, 6.45) is 1.99. The van der Waals surface area contributed by atoms with Gasteiger partial charge < -0.3 is 4.42 Å². The zero-order valence-corrected chi connectivity index (χ0v) is 21.1. The van der Waals surface area contributed by atoms with Crippen molar-refractivity contribution in [3.8, 4) is 28.5 Å². The molecule has 0 saturated heterocycles. The summed E-state index contributed by atoms with van der Waals surface area (Å²) in [7, 11) is 2.00. The Morgan fingerprint density at radius 1 is 0.892 bits per heavy atom. The smallest absolute Gasteiger partial charge is 0.216 e. The number of hydrogen-bond donors (Lipinski definition) is 0. The predicted molar refractivity (Wildman–Crippen MR) is 148 cm³/mol. The molecule has 2 aromatic heterocycles. The topological polar surface area (TPSA) is 40.8 Å². The lowest BCUT2D eigenvalue weighted by atomic mass is 9.87. The normalized spacial score (nSPS) is 21.8. The van der Waals surface area contributed by atoms with E-state index in [1.54, 1.807) is 18.2 Å². The first-order valence-electron chi connectivity index (χ1n) is 15.1. The number of benzene rings is 3. The molecular formula is C34H31N2O+. The van der Waals surface area contributed by atoms with Gasteiger partial charge in [-0.2, -0.15) is 5.26 Å². The van der Waals surface area contributed by atoms with E-state index in [1.807, 2.05) is 43.6 Å². The molecule has 0 radical (unpaired) electrons. The van der Waals surface area contributed by atoms with Crippen LogP contribution in [0.3, 0.4) is 0 Å². The number of nitriles is 1. The molecule has 7 rings (SSSR count). The Balaban J connectivity index is 1.55. The van der Waals surface area contributed by atoms with Gasteiger partial charge in [-0.3, -0.25) is 0 Å². The molecule has 3 aromatic carbocycles. The SMILES string of the molecule is [2H]C1([2H])c2cccc(-c3c(C#N)ccc4c3oc3c(-c5cccc[n+]5C)c(C)ccc34)c2C([2H])([2H])C1C1CCCC1. The number of aromatic nitrogens is 1. The van der Waals surface area contributed by atoms with Crippen LogP contribution in [0.4, 0.5) is 0 Å². The van der Waals surface area contributed by atoms with Gasteiger partial charge in [0.1, 0.15) is 18.2 Å². The summed E-state index contributed by atoms with van der Waals surface area (Å²) < 4.78 is 45.9. The molecule has 0 N–H and O–H groups in total. The molecule has 0 bridgehead atoms. The van der Waals surface area contributed by atoms with E-state index in [4.69, 9.17) is 7.16 Å². The minimum Gasteiger partial charge on any atom is -0.454 e. The van der Waals surface area contributed by atoms with Gasteiger partial charge >= 0.3 is 0 Å². The molecule has 0 amide bonds. The summed E-state index contributed by atoms with van der Waals surface area (Å²) in [5.74, 6) is -0.795. The number of pyridine rings is 1. The van der Waals surface area contributed by atoms with Gasteiger partial charge in [0.05, 0.1) is 17.2 Å². The fraction of sp³-hybridized carbons (Fsp3) is 0.294. The van der Waals surface area contributed by atoms with Gasteiger partial charge in [0, 0.05) is 34.0 Å². The standard InChI is InChI=1S/C34H31N2O/c1-21-13-15-27-28-16-14-24(20-35)32(34(28)37-33(27)31(21)30-12-5-6-17-36(30)2)26-11-7-10-23-18-25(19-29(23)26)22-8-3-4-9-22/h5-7,10-17,22,25H,3-4,8-9,18-19H2,1-2H3/q+1/i18D2,19D2. The van der Waals surface area contributed by atoms with Crippen LogP contribution in [-0.4, -0.2) is 0 Å². The minimum atomic E-state index is -1.90. The Bertz CT molecular complexity index is 1910. The minimum absolute atomic E-state index is 0.0187. The van der Waals surface area contributed by atoms with E-state index >= 15 is 0 Å². The van der Waals surface area contributed by atoms with Gasteiger partial charge in [-0.25, -0.2) is 4.57 Å². The molecule has 0 aliphatic heterocycles. The summed E-state index contributed by atoms with van der Waals surface area (Å²) in [4.78, 5) is 0. The van der Waals surface area contributed by atoms with Gasteiger partial charge in [0.15, 0.2) is 6.20 Å². The highest BCUT2D eigenvalue weighted by molar-refractivity contribution is 6.14. The number of aryl methyl sites for hydroxylation is 2. The summed E-state index contributed by atoms with van der Waals surface area (Å²) in [5, 5.41) is 12.0. The number of fused-ring (bicyclic) bond motifs is 4. The van der Waals surface area contributed by atoms with E-state index < -0.39 is 18.7 Å². The predicted octanol–water partition coefficient (Wildman–Crippen LogP) is 7.83. The third kappa shape index (κ3) is 3.43. The van der Waals surface area contributed by atoms with Crippen LogP contribution in [0, 0.1) is 30.1 Å². The van der Waals surface area contributed by atoms with E-state index in [0.29, 0.717) is 39.0 Å². The Morgan fingerprint density at radius 2 is 1.68 bits per heavy atom. The third-order valence-corrected chi connectivity index (χ3v) is 8.27. The number of furan rings is 1. The summed E-state index contributed by atoms with van der Waals surface area (Å²) >= 11 is 0. The fourth-order valence-corrected chi connectivity index (χ4v) is 6.39. The van der Waals surface area contributed by atoms with E-state index in [-0.39, 0.29) is 5.92 Å². The maximum atomic E-state index is 10.3. The second kappa shape index (κ2) is 8.60. The van der Waals surface area contributed by atoms with Crippen LogP contribution in [0.25, 0.3) is 44.3 Å². The number of hydrogen-bond acceptors (Lipinski definition) is 2. The Hall–Kier alpha value is -3.90. The molecule has 3 nitrogen and oxygen atoms in total. The van der Waals surface area contributed by atoms with Crippen molar-refractivity contribution < 1.29 is 14.5 Å². The average molecular weight is 488 g/mol. The lowest BCUT2D eigenvalue weighted by Gasteiger charge is -2.17. The number of rotatable bonds is 3. The molecule has 37 heavy (non-hydrogen) atoms. The van der Waals surface area contributed by atoms with Crippen LogP contribution in [0.15, 0.2) is 71.3 Å². The average Bonchev–Trinajstić information content (AvgIpc) is 3.63. The molecule has 1 saturated carbocycles. The first-order chi connectivity index (χ1) is 19.7. The third-order valence-electron chi connectivity index (χ3n) is 8.27. The molecule has 1 atom stereocenters. The van der Waals surface area contributed by atoms with Crippen molar-refractivity contribution in [2.24, 2.45) is 18.9 Å². The highest BCUT2D eigenvalue weighted by Gasteiger charge is 2.33. The molecule has 2 aliphatic carbocycles. The van der Waals surface area contributed by atoms with Gasteiger partial charge in [-0.05, 0) is 72.0 Å². The van der Waals surface area contributed by atoms with Crippen LogP contribution >= 0.6 is 0 Å². The summed E-state index contributed by atoms with van der Waals surface area (Å²) in [6, 6.07) is 21.5.